The van der Waals surface area contributed by atoms with E-state index in [0.717, 1.165) is 49.3 Å². The van der Waals surface area contributed by atoms with Crippen LogP contribution in [0.1, 0.15) is 38.1 Å². The molecule has 2 atom stereocenters. The van der Waals surface area contributed by atoms with Crippen LogP contribution in [0.5, 0.6) is 0 Å². The standard InChI is InChI=1S/C25H31N9O2/c1-17-16-35-14-12-33(17)21-15-19(18(27)6-9-28-11-8-26)30-24-23(31-32(2)25(21)24)20-7-10-29-34(20)22-5-3-4-13-36-22/h6-7,9-10,15,17,22,27-28H,3-5,11-14,16H2,1-2H3/b9-6-,27-18?/t17-,22?/m1/s1. The number of morpholine rings is 1. The first-order valence-electron chi connectivity index (χ1n) is 12.3. The van der Waals surface area contributed by atoms with Crippen LogP contribution in [-0.2, 0) is 16.5 Å². The third-order valence-corrected chi connectivity index (χ3v) is 6.61. The summed E-state index contributed by atoms with van der Waals surface area (Å²) in [6.45, 7) is 5.03. The maximum atomic E-state index is 8.76. The fraction of sp³-hybridized carbons (Fsp3) is 0.480. The van der Waals surface area contributed by atoms with Crippen molar-refractivity contribution in [2.45, 2.75) is 38.5 Å². The zero-order chi connectivity index (χ0) is 25.1. The fourth-order valence-electron chi connectivity index (χ4n) is 4.85. The molecular formula is C25H31N9O2. The van der Waals surface area contributed by atoms with E-state index in [0.29, 0.717) is 30.1 Å². The van der Waals surface area contributed by atoms with Crippen molar-refractivity contribution in [3.8, 4) is 17.5 Å². The number of ether oxygens (including phenoxy) is 2. The molecule has 0 saturated carbocycles. The zero-order valence-electron chi connectivity index (χ0n) is 20.6. The molecule has 11 heteroatoms. The van der Waals surface area contributed by atoms with Crippen LogP contribution in [0, 0.1) is 16.7 Å². The van der Waals surface area contributed by atoms with Crippen molar-refractivity contribution in [3.63, 3.8) is 0 Å². The molecule has 0 bridgehead atoms. The Balaban J connectivity index is 1.64. The molecule has 3 aromatic heterocycles. The smallest absolute Gasteiger partial charge is 0.150 e. The molecule has 2 fully saturated rings. The van der Waals surface area contributed by atoms with E-state index < -0.39 is 0 Å². The van der Waals surface area contributed by atoms with Crippen molar-refractivity contribution in [2.75, 3.05) is 37.8 Å². The van der Waals surface area contributed by atoms with E-state index in [9.17, 15) is 0 Å². The van der Waals surface area contributed by atoms with Crippen LogP contribution < -0.4 is 10.2 Å². The molecule has 2 saturated heterocycles. The number of fused-ring (bicyclic) bond motifs is 1. The van der Waals surface area contributed by atoms with E-state index in [4.69, 9.17) is 30.2 Å². The first-order valence-corrected chi connectivity index (χ1v) is 12.3. The van der Waals surface area contributed by atoms with Crippen LogP contribution in [-0.4, -0.2) is 69.2 Å². The minimum absolute atomic E-state index is 0.129. The third-order valence-electron chi connectivity index (χ3n) is 6.61. The normalized spacial score (nSPS) is 20.6. The Morgan fingerprint density at radius 3 is 3.03 bits per heavy atom. The molecule has 11 nitrogen and oxygen atoms in total. The molecule has 2 aliphatic heterocycles. The van der Waals surface area contributed by atoms with E-state index in [-0.39, 0.29) is 24.5 Å². The number of aromatic nitrogens is 5. The topological polar surface area (TPSA) is 130 Å². The van der Waals surface area contributed by atoms with Gasteiger partial charge in [-0.2, -0.15) is 15.5 Å². The molecule has 0 aliphatic carbocycles. The quantitative estimate of drug-likeness (QED) is 0.294. The Labute approximate surface area is 209 Å². The summed E-state index contributed by atoms with van der Waals surface area (Å²) in [6.07, 6.45) is 7.92. The summed E-state index contributed by atoms with van der Waals surface area (Å²) in [4.78, 5) is 7.23. The lowest BCUT2D eigenvalue weighted by Gasteiger charge is -2.35. The van der Waals surface area contributed by atoms with Crippen molar-refractivity contribution >= 4 is 22.4 Å². The minimum atomic E-state index is -0.129. The summed E-state index contributed by atoms with van der Waals surface area (Å²) in [5.41, 5.74) is 4.90. The Morgan fingerprint density at radius 2 is 2.25 bits per heavy atom. The number of nitriles is 1. The van der Waals surface area contributed by atoms with Gasteiger partial charge in [0.1, 0.15) is 23.3 Å². The molecule has 0 aromatic carbocycles. The molecule has 0 amide bonds. The highest BCUT2D eigenvalue weighted by Gasteiger charge is 2.28. The van der Waals surface area contributed by atoms with Crippen LogP contribution in [0.15, 0.2) is 30.6 Å². The summed E-state index contributed by atoms with van der Waals surface area (Å²) < 4.78 is 15.5. The predicted molar refractivity (Wildman–Crippen MR) is 136 cm³/mol. The van der Waals surface area contributed by atoms with E-state index >= 15 is 0 Å². The van der Waals surface area contributed by atoms with Crippen LogP contribution in [0.3, 0.4) is 0 Å². The Hall–Kier alpha value is -3.75. The van der Waals surface area contributed by atoms with Gasteiger partial charge in [-0.3, -0.25) is 10.1 Å². The van der Waals surface area contributed by atoms with Gasteiger partial charge >= 0.3 is 0 Å². The second kappa shape index (κ2) is 10.5. The molecule has 5 rings (SSSR count). The van der Waals surface area contributed by atoms with Gasteiger partial charge in [0.15, 0.2) is 6.23 Å². The van der Waals surface area contributed by atoms with Gasteiger partial charge in [0.25, 0.3) is 0 Å². The molecule has 1 unspecified atom stereocenters. The van der Waals surface area contributed by atoms with E-state index in [1.54, 1.807) is 18.5 Å². The maximum absolute atomic E-state index is 8.76. The average Bonchev–Trinajstić information content (AvgIpc) is 3.51. The number of nitrogens with one attached hydrogen (secondary N) is 2. The fourth-order valence-corrected chi connectivity index (χ4v) is 4.85. The maximum Gasteiger partial charge on any atom is 0.150 e. The van der Waals surface area contributed by atoms with Crippen molar-refractivity contribution < 1.29 is 9.47 Å². The molecule has 5 heterocycles. The molecular weight excluding hydrogens is 458 g/mol. The van der Waals surface area contributed by atoms with Gasteiger partial charge in [0, 0.05) is 32.4 Å². The summed E-state index contributed by atoms with van der Waals surface area (Å²) in [6, 6.07) is 6.09. The number of hydrogen-bond donors (Lipinski definition) is 2. The Kier molecular flexibility index (Phi) is 6.97. The highest BCUT2D eigenvalue weighted by Crippen LogP contribution is 2.36. The van der Waals surface area contributed by atoms with Crippen LogP contribution in [0.25, 0.3) is 22.4 Å². The highest BCUT2D eigenvalue weighted by molar-refractivity contribution is 6.09. The molecule has 3 aromatic rings. The molecule has 0 radical (unpaired) electrons. The third kappa shape index (κ3) is 4.57. The van der Waals surface area contributed by atoms with E-state index in [1.165, 1.54) is 0 Å². The van der Waals surface area contributed by atoms with E-state index in [1.807, 2.05) is 34.6 Å². The lowest BCUT2D eigenvalue weighted by atomic mass is 10.1. The second-order valence-corrected chi connectivity index (χ2v) is 9.08. The van der Waals surface area contributed by atoms with Gasteiger partial charge in [-0.05, 0) is 50.6 Å². The highest BCUT2D eigenvalue weighted by atomic mass is 16.5. The van der Waals surface area contributed by atoms with E-state index in [2.05, 4.69) is 22.2 Å². The SMILES string of the molecule is C[C@@H]1COCCN1c1cc(C(=N)/C=C\NCC#N)nc2c(-c3ccnn3C3CCCCO3)nn(C)c12. The van der Waals surface area contributed by atoms with Crippen LogP contribution in [0.2, 0.25) is 0 Å². The van der Waals surface area contributed by atoms with Crippen LogP contribution in [0.4, 0.5) is 5.69 Å². The van der Waals surface area contributed by atoms with Gasteiger partial charge in [0.05, 0.1) is 42.1 Å². The lowest BCUT2D eigenvalue weighted by molar-refractivity contribution is -0.0384. The summed E-state index contributed by atoms with van der Waals surface area (Å²) >= 11 is 0. The first kappa shape index (κ1) is 24.0. The minimum Gasteiger partial charge on any atom is -0.378 e. The zero-order valence-corrected chi connectivity index (χ0v) is 20.6. The average molecular weight is 490 g/mol. The van der Waals surface area contributed by atoms with Gasteiger partial charge < -0.3 is 19.7 Å². The number of rotatable bonds is 7. The molecule has 36 heavy (non-hydrogen) atoms. The van der Waals surface area contributed by atoms with Gasteiger partial charge in [-0.15, -0.1) is 0 Å². The molecule has 188 valence electrons. The van der Waals surface area contributed by atoms with Gasteiger partial charge in [0.2, 0.25) is 0 Å². The first-order chi connectivity index (χ1) is 17.6. The lowest BCUT2D eigenvalue weighted by Crippen LogP contribution is -2.44. The number of hydrogen-bond acceptors (Lipinski definition) is 9. The Morgan fingerprint density at radius 1 is 1.36 bits per heavy atom. The monoisotopic (exact) mass is 489 g/mol. The molecule has 2 aliphatic rings. The van der Waals surface area contributed by atoms with Crippen molar-refractivity contribution in [3.05, 3.63) is 36.3 Å². The summed E-state index contributed by atoms with van der Waals surface area (Å²) in [5, 5.41) is 29.8. The second-order valence-electron chi connectivity index (χ2n) is 9.08. The number of pyridine rings is 1. The predicted octanol–water partition coefficient (Wildman–Crippen LogP) is 2.75. The number of allylic oxidation sites excluding steroid dienone is 1. The summed E-state index contributed by atoms with van der Waals surface area (Å²) in [7, 11) is 1.93. The Bertz CT molecular complexity index is 1310. The number of anilines is 1. The molecule has 2 N–H and O–H groups in total. The van der Waals surface area contributed by atoms with Crippen molar-refractivity contribution in [1.29, 1.82) is 10.7 Å². The van der Waals surface area contributed by atoms with Gasteiger partial charge in [-0.1, -0.05) is 0 Å². The largest absolute Gasteiger partial charge is 0.378 e. The van der Waals surface area contributed by atoms with Crippen LogP contribution >= 0.6 is 0 Å². The van der Waals surface area contributed by atoms with Gasteiger partial charge in [-0.25, -0.2) is 9.67 Å². The number of nitrogens with zero attached hydrogens (tertiary/aromatic N) is 7. The van der Waals surface area contributed by atoms with Crippen molar-refractivity contribution in [1.82, 2.24) is 29.9 Å². The molecule has 0 spiro atoms. The number of aryl methyl sites for hydroxylation is 1. The van der Waals surface area contributed by atoms with Crippen molar-refractivity contribution in [2.24, 2.45) is 7.05 Å². The summed E-state index contributed by atoms with van der Waals surface area (Å²) in [5.74, 6) is 0.